The van der Waals surface area contributed by atoms with Crippen molar-refractivity contribution in [3.05, 3.63) is 36.5 Å². The fourth-order valence-electron chi connectivity index (χ4n) is 1.03. The second-order valence-corrected chi connectivity index (χ2v) is 3.08. The molecule has 0 aliphatic heterocycles. The Hall–Kier alpha value is -2.04. The van der Waals surface area contributed by atoms with E-state index in [1.165, 1.54) is 0 Å². The van der Waals surface area contributed by atoms with Crippen molar-refractivity contribution in [1.82, 2.24) is 10.3 Å². The quantitative estimate of drug-likeness (QED) is 0.435. The van der Waals surface area contributed by atoms with Gasteiger partial charge in [-0.05, 0) is 5.56 Å². The monoisotopic (exact) mass is 220 g/mol. The van der Waals surface area contributed by atoms with Gasteiger partial charge in [-0.1, -0.05) is 12.1 Å². The fourth-order valence-corrected chi connectivity index (χ4v) is 1.03. The molecule has 0 aromatic carbocycles. The fraction of sp³-hybridized carbons (Fsp3) is 0.273. The summed E-state index contributed by atoms with van der Waals surface area (Å²) < 4.78 is 4.95. The number of aliphatic imine (C=N–C) groups is 1. The normalized spacial score (nSPS) is 10.9. The maximum absolute atomic E-state index is 5.61. The molecule has 16 heavy (non-hydrogen) atoms. The maximum atomic E-state index is 5.61. The standard InChI is InChI=1S/C11H16N4O/c1-3-6-13-11(12)15-8-9-4-5-10(16-2)14-7-9/h3-5,7H,1,6,8H2,2H3,(H3,12,13,15). The van der Waals surface area contributed by atoms with Gasteiger partial charge < -0.3 is 15.8 Å². The van der Waals surface area contributed by atoms with E-state index in [0.717, 1.165) is 5.56 Å². The van der Waals surface area contributed by atoms with E-state index < -0.39 is 0 Å². The highest BCUT2D eigenvalue weighted by Crippen LogP contribution is 2.07. The zero-order valence-electron chi connectivity index (χ0n) is 9.31. The van der Waals surface area contributed by atoms with Gasteiger partial charge >= 0.3 is 0 Å². The minimum Gasteiger partial charge on any atom is -0.481 e. The van der Waals surface area contributed by atoms with Gasteiger partial charge in [0.15, 0.2) is 5.96 Å². The highest BCUT2D eigenvalue weighted by Gasteiger charge is 1.95. The van der Waals surface area contributed by atoms with E-state index in [1.807, 2.05) is 6.07 Å². The van der Waals surface area contributed by atoms with Crippen LogP contribution >= 0.6 is 0 Å². The van der Waals surface area contributed by atoms with Gasteiger partial charge in [0.05, 0.1) is 13.7 Å². The van der Waals surface area contributed by atoms with Crippen molar-refractivity contribution >= 4 is 5.96 Å². The van der Waals surface area contributed by atoms with Crippen molar-refractivity contribution in [2.45, 2.75) is 6.54 Å². The van der Waals surface area contributed by atoms with Gasteiger partial charge in [0.1, 0.15) is 0 Å². The lowest BCUT2D eigenvalue weighted by Crippen LogP contribution is -2.31. The number of guanidine groups is 1. The number of pyridine rings is 1. The molecule has 1 rings (SSSR count). The Kier molecular flexibility index (Phi) is 4.85. The van der Waals surface area contributed by atoms with Crippen molar-refractivity contribution < 1.29 is 4.74 Å². The highest BCUT2D eigenvalue weighted by atomic mass is 16.5. The molecule has 0 spiro atoms. The first-order valence-corrected chi connectivity index (χ1v) is 4.90. The third-order valence-electron chi connectivity index (χ3n) is 1.87. The van der Waals surface area contributed by atoms with Gasteiger partial charge in [-0.25, -0.2) is 9.98 Å². The van der Waals surface area contributed by atoms with Crippen LogP contribution in [0.1, 0.15) is 5.56 Å². The number of nitrogens with two attached hydrogens (primary N) is 1. The second kappa shape index (κ2) is 6.44. The lowest BCUT2D eigenvalue weighted by molar-refractivity contribution is 0.397. The van der Waals surface area contributed by atoms with Crippen LogP contribution in [-0.2, 0) is 6.54 Å². The van der Waals surface area contributed by atoms with Crippen molar-refractivity contribution in [2.24, 2.45) is 10.7 Å². The van der Waals surface area contributed by atoms with Crippen LogP contribution in [0, 0.1) is 0 Å². The number of nitrogens with one attached hydrogen (secondary N) is 1. The predicted molar refractivity (Wildman–Crippen MR) is 64.3 cm³/mol. The summed E-state index contributed by atoms with van der Waals surface area (Å²) in [6, 6.07) is 3.69. The van der Waals surface area contributed by atoms with Crippen LogP contribution < -0.4 is 15.8 Å². The number of rotatable bonds is 5. The third-order valence-corrected chi connectivity index (χ3v) is 1.87. The molecule has 86 valence electrons. The van der Waals surface area contributed by atoms with Crippen LogP contribution in [0.2, 0.25) is 0 Å². The minimum absolute atomic E-state index is 0.399. The van der Waals surface area contributed by atoms with Gasteiger partial charge in [0, 0.05) is 18.8 Å². The third kappa shape index (κ3) is 4.00. The van der Waals surface area contributed by atoms with E-state index in [9.17, 15) is 0 Å². The van der Waals surface area contributed by atoms with E-state index in [2.05, 4.69) is 21.9 Å². The zero-order chi connectivity index (χ0) is 11.8. The topological polar surface area (TPSA) is 72.5 Å². The highest BCUT2D eigenvalue weighted by molar-refractivity contribution is 5.77. The molecule has 5 heteroatoms. The number of ether oxygens (including phenoxy) is 1. The summed E-state index contributed by atoms with van der Waals surface area (Å²) in [7, 11) is 1.58. The summed E-state index contributed by atoms with van der Waals surface area (Å²) in [6.07, 6.45) is 3.43. The lowest BCUT2D eigenvalue weighted by Gasteiger charge is -2.02. The predicted octanol–water partition coefficient (Wildman–Crippen LogP) is 0.680. The molecular weight excluding hydrogens is 204 g/mol. The van der Waals surface area contributed by atoms with Crippen molar-refractivity contribution in [3.63, 3.8) is 0 Å². The second-order valence-electron chi connectivity index (χ2n) is 3.08. The smallest absolute Gasteiger partial charge is 0.212 e. The molecule has 3 N–H and O–H groups in total. The SMILES string of the molecule is C=CCNC(N)=NCc1ccc(OC)nc1. The number of aromatic nitrogens is 1. The first-order chi connectivity index (χ1) is 7.76. The van der Waals surface area contributed by atoms with Crippen molar-refractivity contribution in [2.75, 3.05) is 13.7 Å². The van der Waals surface area contributed by atoms with Gasteiger partial charge in [0.2, 0.25) is 5.88 Å². The van der Waals surface area contributed by atoms with Crippen LogP contribution in [0.3, 0.4) is 0 Å². The first-order valence-electron chi connectivity index (χ1n) is 4.90. The Labute approximate surface area is 95.0 Å². The maximum Gasteiger partial charge on any atom is 0.212 e. The molecule has 0 saturated heterocycles. The Morgan fingerprint density at radius 1 is 1.69 bits per heavy atom. The molecule has 1 aromatic rings. The van der Waals surface area contributed by atoms with Crippen LogP contribution in [0.5, 0.6) is 5.88 Å². The number of hydrogen-bond acceptors (Lipinski definition) is 3. The van der Waals surface area contributed by atoms with Gasteiger partial charge in [-0.2, -0.15) is 0 Å². The lowest BCUT2D eigenvalue weighted by atomic mass is 10.3. The minimum atomic E-state index is 0.399. The Balaban J connectivity index is 2.49. The molecule has 1 aromatic heterocycles. The average Bonchev–Trinajstić information content (AvgIpc) is 2.34. The van der Waals surface area contributed by atoms with Gasteiger partial charge in [-0.3, -0.25) is 0 Å². The molecular formula is C11H16N4O. The largest absolute Gasteiger partial charge is 0.481 e. The molecule has 0 fully saturated rings. The average molecular weight is 220 g/mol. The molecule has 0 aliphatic rings. The number of hydrogen-bond donors (Lipinski definition) is 2. The summed E-state index contributed by atoms with van der Waals surface area (Å²) in [5.74, 6) is 0.987. The first kappa shape index (κ1) is 12.0. The number of methoxy groups -OCH3 is 1. The molecule has 5 nitrogen and oxygen atoms in total. The molecule has 1 heterocycles. The summed E-state index contributed by atoms with van der Waals surface area (Å²) in [5, 5.41) is 2.89. The Bertz CT molecular complexity index is 359. The van der Waals surface area contributed by atoms with Gasteiger partial charge in [-0.15, -0.1) is 6.58 Å². The van der Waals surface area contributed by atoms with E-state index in [4.69, 9.17) is 10.5 Å². The summed E-state index contributed by atoms with van der Waals surface area (Å²) in [4.78, 5) is 8.21. The Morgan fingerprint density at radius 2 is 2.50 bits per heavy atom. The zero-order valence-corrected chi connectivity index (χ0v) is 9.31. The van der Waals surface area contributed by atoms with E-state index in [-0.39, 0.29) is 0 Å². The van der Waals surface area contributed by atoms with Crippen LogP contribution in [-0.4, -0.2) is 24.6 Å². The van der Waals surface area contributed by atoms with Crippen molar-refractivity contribution in [3.8, 4) is 5.88 Å². The van der Waals surface area contributed by atoms with E-state index in [1.54, 1.807) is 25.4 Å². The molecule has 0 atom stereocenters. The molecule has 0 unspecified atom stereocenters. The number of nitrogens with zero attached hydrogens (tertiary/aromatic N) is 2. The molecule has 0 amide bonds. The molecule has 0 saturated carbocycles. The van der Waals surface area contributed by atoms with Crippen LogP contribution in [0.15, 0.2) is 36.0 Å². The van der Waals surface area contributed by atoms with Crippen LogP contribution in [0.4, 0.5) is 0 Å². The summed E-state index contributed by atoms with van der Waals surface area (Å²) in [5.41, 5.74) is 6.59. The molecule has 0 aliphatic carbocycles. The Morgan fingerprint density at radius 3 is 3.06 bits per heavy atom. The van der Waals surface area contributed by atoms with Crippen LogP contribution in [0.25, 0.3) is 0 Å². The van der Waals surface area contributed by atoms with E-state index in [0.29, 0.717) is 24.9 Å². The summed E-state index contributed by atoms with van der Waals surface area (Å²) >= 11 is 0. The van der Waals surface area contributed by atoms with E-state index >= 15 is 0 Å². The molecule has 0 radical (unpaired) electrons. The summed E-state index contributed by atoms with van der Waals surface area (Å²) in [6.45, 7) is 4.67. The molecule has 0 bridgehead atoms. The van der Waals surface area contributed by atoms with Crippen molar-refractivity contribution in [1.29, 1.82) is 0 Å². The van der Waals surface area contributed by atoms with Gasteiger partial charge in [0.25, 0.3) is 0 Å².